The summed E-state index contributed by atoms with van der Waals surface area (Å²) in [6.07, 6.45) is 7.15. The molecule has 1 fully saturated rings. The molecule has 8 heteroatoms. The summed E-state index contributed by atoms with van der Waals surface area (Å²) in [6, 6.07) is 1.67. The van der Waals surface area contributed by atoms with E-state index in [1.54, 1.807) is 36.7 Å². The first kappa shape index (κ1) is 20.0. The van der Waals surface area contributed by atoms with Crippen LogP contribution in [0.5, 0.6) is 0 Å². The SMILES string of the molecule is CCc1cncc(C(=O)N2C[C@@H](NC(=O)C(C)OC)[C@H](c3cncn3C)C2)c1. The van der Waals surface area contributed by atoms with Crippen LogP contribution in [0.3, 0.4) is 0 Å². The molecule has 0 spiro atoms. The zero-order valence-corrected chi connectivity index (χ0v) is 16.8. The number of hydrogen-bond acceptors (Lipinski definition) is 5. The Bertz CT molecular complexity index is 850. The van der Waals surface area contributed by atoms with Crippen molar-refractivity contribution in [3.63, 3.8) is 0 Å². The van der Waals surface area contributed by atoms with E-state index in [9.17, 15) is 9.59 Å². The van der Waals surface area contributed by atoms with Crippen LogP contribution in [0.25, 0.3) is 0 Å². The van der Waals surface area contributed by atoms with Crippen molar-refractivity contribution in [2.45, 2.75) is 38.3 Å². The number of ether oxygens (including phenoxy) is 1. The van der Waals surface area contributed by atoms with Crippen molar-refractivity contribution in [2.24, 2.45) is 7.05 Å². The number of aromatic nitrogens is 3. The molecular weight excluding hydrogens is 358 g/mol. The van der Waals surface area contributed by atoms with Crippen molar-refractivity contribution in [1.82, 2.24) is 24.8 Å². The van der Waals surface area contributed by atoms with Crippen LogP contribution in [0.1, 0.15) is 41.4 Å². The molecule has 2 amide bonds. The summed E-state index contributed by atoms with van der Waals surface area (Å²) in [5.41, 5.74) is 2.57. The van der Waals surface area contributed by atoms with Gasteiger partial charge in [-0.05, 0) is 25.0 Å². The second-order valence-electron chi connectivity index (χ2n) is 7.17. The number of carbonyl (C=O) groups is 2. The Labute approximate surface area is 164 Å². The van der Waals surface area contributed by atoms with E-state index in [-0.39, 0.29) is 23.8 Å². The number of nitrogens with zero attached hydrogens (tertiary/aromatic N) is 4. The Balaban J connectivity index is 1.83. The Morgan fingerprint density at radius 2 is 2.07 bits per heavy atom. The van der Waals surface area contributed by atoms with Gasteiger partial charge in [0.1, 0.15) is 6.10 Å². The first-order valence-corrected chi connectivity index (χ1v) is 9.47. The van der Waals surface area contributed by atoms with E-state index in [1.807, 2.05) is 24.6 Å². The summed E-state index contributed by atoms with van der Waals surface area (Å²) in [4.78, 5) is 35.6. The lowest BCUT2D eigenvalue weighted by atomic mass is 10.00. The molecule has 3 rings (SSSR count). The average Bonchev–Trinajstić information content (AvgIpc) is 3.32. The van der Waals surface area contributed by atoms with E-state index in [0.717, 1.165) is 17.7 Å². The van der Waals surface area contributed by atoms with Gasteiger partial charge in [0.05, 0.1) is 17.9 Å². The molecular formula is C20H27N5O3. The molecule has 3 atom stereocenters. The number of methoxy groups -OCH3 is 1. The molecule has 0 saturated carbocycles. The molecule has 0 aliphatic carbocycles. The minimum absolute atomic E-state index is 0.0493. The monoisotopic (exact) mass is 385 g/mol. The highest BCUT2D eigenvalue weighted by Crippen LogP contribution is 2.28. The van der Waals surface area contributed by atoms with Gasteiger partial charge in [-0.2, -0.15) is 0 Å². The second kappa shape index (κ2) is 8.52. The summed E-state index contributed by atoms with van der Waals surface area (Å²) < 4.78 is 7.05. The molecule has 1 aliphatic heterocycles. The van der Waals surface area contributed by atoms with Crippen molar-refractivity contribution < 1.29 is 14.3 Å². The van der Waals surface area contributed by atoms with Crippen LogP contribution < -0.4 is 5.32 Å². The molecule has 1 N–H and O–H groups in total. The number of aryl methyl sites for hydroxylation is 2. The summed E-state index contributed by atoms with van der Waals surface area (Å²) in [5, 5.41) is 3.04. The van der Waals surface area contributed by atoms with Crippen molar-refractivity contribution >= 4 is 11.8 Å². The van der Waals surface area contributed by atoms with E-state index >= 15 is 0 Å². The third-order valence-corrected chi connectivity index (χ3v) is 5.34. The lowest BCUT2D eigenvalue weighted by Crippen LogP contribution is -2.45. The maximum Gasteiger partial charge on any atom is 0.255 e. The van der Waals surface area contributed by atoms with Crippen LogP contribution in [0, 0.1) is 0 Å². The summed E-state index contributed by atoms with van der Waals surface area (Å²) >= 11 is 0. The fraction of sp³-hybridized carbons (Fsp3) is 0.500. The Morgan fingerprint density at radius 3 is 2.71 bits per heavy atom. The molecule has 0 radical (unpaired) electrons. The third-order valence-electron chi connectivity index (χ3n) is 5.34. The number of nitrogens with one attached hydrogen (secondary N) is 1. The highest BCUT2D eigenvalue weighted by molar-refractivity contribution is 5.94. The van der Waals surface area contributed by atoms with Gasteiger partial charge in [0.2, 0.25) is 5.91 Å². The van der Waals surface area contributed by atoms with Crippen molar-refractivity contribution in [3.05, 3.63) is 47.8 Å². The minimum Gasteiger partial charge on any atom is -0.372 e. The first-order chi connectivity index (χ1) is 13.4. The number of imidazole rings is 1. The number of rotatable bonds is 6. The van der Waals surface area contributed by atoms with Gasteiger partial charge in [-0.15, -0.1) is 0 Å². The van der Waals surface area contributed by atoms with Crippen molar-refractivity contribution in [1.29, 1.82) is 0 Å². The number of likely N-dealkylation sites (tertiary alicyclic amines) is 1. The molecule has 8 nitrogen and oxygen atoms in total. The molecule has 2 aromatic heterocycles. The van der Waals surface area contributed by atoms with Crippen LogP contribution in [0.2, 0.25) is 0 Å². The topological polar surface area (TPSA) is 89.3 Å². The average molecular weight is 385 g/mol. The lowest BCUT2D eigenvalue weighted by Gasteiger charge is -2.21. The van der Waals surface area contributed by atoms with Crippen LogP contribution >= 0.6 is 0 Å². The van der Waals surface area contributed by atoms with E-state index in [4.69, 9.17) is 4.74 Å². The predicted molar refractivity (Wildman–Crippen MR) is 104 cm³/mol. The van der Waals surface area contributed by atoms with Crippen LogP contribution in [-0.2, 0) is 23.0 Å². The minimum atomic E-state index is -0.553. The van der Waals surface area contributed by atoms with Gasteiger partial charge in [-0.3, -0.25) is 14.6 Å². The van der Waals surface area contributed by atoms with Gasteiger partial charge in [0, 0.05) is 57.4 Å². The van der Waals surface area contributed by atoms with Crippen LogP contribution in [-0.4, -0.2) is 63.6 Å². The molecule has 150 valence electrons. The van der Waals surface area contributed by atoms with Gasteiger partial charge in [0.25, 0.3) is 5.91 Å². The molecule has 1 aliphatic rings. The molecule has 0 aromatic carbocycles. The highest BCUT2D eigenvalue weighted by atomic mass is 16.5. The number of carbonyl (C=O) groups excluding carboxylic acids is 2. The van der Waals surface area contributed by atoms with Gasteiger partial charge >= 0.3 is 0 Å². The summed E-state index contributed by atoms with van der Waals surface area (Å²) in [6.45, 7) is 4.66. The molecule has 3 heterocycles. The van der Waals surface area contributed by atoms with Gasteiger partial charge in [-0.1, -0.05) is 6.92 Å². The highest BCUT2D eigenvalue weighted by Gasteiger charge is 2.39. The zero-order chi connectivity index (χ0) is 20.3. The molecule has 1 saturated heterocycles. The Kier molecular flexibility index (Phi) is 6.08. The smallest absolute Gasteiger partial charge is 0.255 e. The fourth-order valence-corrected chi connectivity index (χ4v) is 3.53. The van der Waals surface area contributed by atoms with Crippen molar-refractivity contribution in [3.8, 4) is 0 Å². The standard InChI is InChI=1S/C20H27N5O3/c1-5-14-6-15(8-21-7-14)20(27)25-10-16(18-9-22-12-24(18)3)17(11-25)23-19(26)13(2)28-4/h6-9,12-13,16-17H,5,10-11H2,1-4H3,(H,23,26)/t13?,16-,17-/m1/s1. The largest absolute Gasteiger partial charge is 0.372 e. The first-order valence-electron chi connectivity index (χ1n) is 9.47. The van der Waals surface area contributed by atoms with E-state index in [1.165, 1.54) is 7.11 Å². The molecule has 28 heavy (non-hydrogen) atoms. The third kappa shape index (κ3) is 4.06. The Morgan fingerprint density at radius 1 is 1.29 bits per heavy atom. The number of hydrogen-bond donors (Lipinski definition) is 1. The summed E-state index contributed by atoms with van der Waals surface area (Å²) in [5.74, 6) is -0.318. The maximum absolute atomic E-state index is 13.1. The Hall–Kier alpha value is -2.74. The maximum atomic E-state index is 13.1. The van der Waals surface area contributed by atoms with E-state index in [2.05, 4.69) is 15.3 Å². The van der Waals surface area contributed by atoms with E-state index < -0.39 is 6.10 Å². The summed E-state index contributed by atoms with van der Waals surface area (Å²) in [7, 11) is 3.42. The van der Waals surface area contributed by atoms with Gasteiger partial charge in [-0.25, -0.2) is 4.98 Å². The second-order valence-corrected chi connectivity index (χ2v) is 7.17. The quantitative estimate of drug-likeness (QED) is 0.805. The normalized spacial score (nSPS) is 20.2. The zero-order valence-electron chi connectivity index (χ0n) is 16.8. The predicted octanol–water partition coefficient (Wildman–Crippen LogP) is 1.14. The van der Waals surface area contributed by atoms with Crippen LogP contribution in [0.15, 0.2) is 31.0 Å². The fourth-order valence-electron chi connectivity index (χ4n) is 3.53. The molecule has 2 aromatic rings. The lowest BCUT2D eigenvalue weighted by molar-refractivity contribution is -0.130. The molecule has 1 unspecified atom stereocenters. The van der Waals surface area contributed by atoms with Gasteiger partial charge in [0.15, 0.2) is 0 Å². The van der Waals surface area contributed by atoms with Gasteiger partial charge < -0.3 is 19.5 Å². The molecule has 0 bridgehead atoms. The van der Waals surface area contributed by atoms with E-state index in [0.29, 0.717) is 18.7 Å². The number of amides is 2. The van der Waals surface area contributed by atoms with Crippen molar-refractivity contribution in [2.75, 3.05) is 20.2 Å². The van der Waals surface area contributed by atoms with Crippen LogP contribution in [0.4, 0.5) is 0 Å². The number of pyridine rings is 1.